The van der Waals surface area contributed by atoms with Gasteiger partial charge in [-0.25, -0.2) is 4.39 Å². The number of rotatable bonds is 6. The Kier molecular flexibility index (Phi) is 5.82. The van der Waals surface area contributed by atoms with Gasteiger partial charge in [0.2, 0.25) is 0 Å². The summed E-state index contributed by atoms with van der Waals surface area (Å²) in [6, 6.07) is 2.72. The van der Waals surface area contributed by atoms with E-state index in [0.717, 1.165) is 12.1 Å². The lowest BCUT2D eigenvalue weighted by Gasteiger charge is -2.16. The molecule has 0 aromatic heterocycles. The van der Waals surface area contributed by atoms with E-state index in [1.54, 1.807) is 13.8 Å². The molecule has 0 aliphatic carbocycles. The fourth-order valence-electron chi connectivity index (χ4n) is 1.41. The zero-order chi connectivity index (χ0) is 15.3. The molecule has 0 aliphatic heterocycles. The van der Waals surface area contributed by atoms with Crippen LogP contribution in [0.15, 0.2) is 18.2 Å². The number of ether oxygens (including phenoxy) is 1. The number of alkyl halides is 2. The number of hydrogen-bond donors (Lipinski definition) is 2. The first-order chi connectivity index (χ1) is 9.31. The van der Waals surface area contributed by atoms with E-state index in [1.807, 2.05) is 0 Å². The van der Waals surface area contributed by atoms with Crippen LogP contribution in [-0.2, 0) is 0 Å². The number of benzene rings is 1. The van der Waals surface area contributed by atoms with Gasteiger partial charge in [0.25, 0.3) is 5.91 Å². The van der Waals surface area contributed by atoms with E-state index in [4.69, 9.17) is 0 Å². The summed E-state index contributed by atoms with van der Waals surface area (Å²) in [4.78, 5) is 11.8. The highest BCUT2D eigenvalue weighted by atomic mass is 19.3. The Hall–Kier alpha value is -1.76. The summed E-state index contributed by atoms with van der Waals surface area (Å²) in [5.41, 5.74) is -0.220. The van der Waals surface area contributed by atoms with Gasteiger partial charge in [0.1, 0.15) is 11.6 Å². The van der Waals surface area contributed by atoms with E-state index in [0.29, 0.717) is 6.07 Å². The van der Waals surface area contributed by atoms with Gasteiger partial charge in [-0.3, -0.25) is 4.79 Å². The first-order valence-corrected chi connectivity index (χ1v) is 6.02. The first-order valence-electron chi connectivity index (χ1n) is 6.02. The number of carbonyl (C=O) groups excluding carboxylic acids is 1. The van der Waals surface area contributed by atoms with E-state index in [-0.39, 0.29) is 18.0 Å². The average molecular weight is 291 g/mol. The maximum atomic E-state index is 13.0. The molecule has 1 aromatic carbocycles. The fourth-order valence-corrected chi connectivity index (χ4v) is 1.41. The highest BCUT2D eigenvalue weighted by molar-refractivity contribution is 5.96. The summed E-state index contributed by atoms with van der Waals surface area (Å²) in [6.45, 7) is 0.326. The maximum absolute atomic E-state index is 13.0. The minimum Gasteiger partial charge on any atom is -0.434 e. The standard InChI is InChI=1S/C13H16F3NO3/c1-7(2)10(18)6-17-12(19)9-4-3-8(14)5-11(9)20-13(15)16/h3-5,7,10,13,18H,6H2,1-2H3,(H,17,19). The van der Waals surface area contributed by atoms with Crippen LogP contribution in [-0.4, -0.2) is 30.3 Å². The maximum Gasteiger partial charge on any atom is 0.387 e. The molecule has 0 bridgehead atoms. The minimum atomic E-state index is -3.16. The molecule has 0 spiro atoms. The quantitative estimate of drug-likeness (QED) is 0.844. The van der Waals surface area contributed by atoms with Crippen LogP contribution in [0, 0.1) is 11.7 Å². The van der Waals surface area contributed by atoms with Gasteiger partial charge in [-0.2, -0.15) is 8.78 Å². The highest BCUT2D eigenvalue weighted by Gasteiger charge is 2.18. The van der Waals surface area contributed by atoms with Gasteiger partial charge in [-0.05, 0) is 18.1 Å². The molecule has 1 atom stereocenters. The zero-order valence-electron chi connectivity index (χ0n) is 11.1. The third kappa shape index (κ3) is 4.73. The van der Waals surface area contributed by atoms with E-state index >= 15 is 0 Å². The largest absolute Gasteiger partial charge is 0.434 e. The lowest BCUT2D eigenvalue weighted by Crippen LogP contribution is -2.35. The number of carbonyl (C=O) groups is 1. The summed E-state index contributed by atoms with van der Waals surface area (Å²) < 4.78 is 41.5. The number of aliphatic hydroxyl groups excluding tert-OH is 1. The van der Waals surface area contributed by atoms with Crippen LogP contribution in [0.2, 0.25) is 0 Å². The van der Waals surface area contributed by atoms with Gasteiger partial charge in [0.05, 0.1) is 11.7 Å². The van der Waals surface area contributed by atoms with Gasteiger partial charge in [0.15, 0.2) is 0 Å². The first kappa shape index (κ1) is 16.3. The molecular weight excluding hydrogens is 275 g/mol. The van der Waals surface area contributed by atoms with Crippen molar-refractivity contribution in [2.24, 2.45) is 5.92 Å². The summed E-state index contributed by atoms with van der Waals surface area (Å²) in [7, 11) is 0. The minimum absolute atomic E-state index is 0.0397. The highest BCUT2D eigenvalue weighted by Crippen LogP contribution is 2.22. The summed E-state index contributed by atoms with van der Waals surface area (Å²) in [5, 5.41) is 11.9. The number of hydrogen-bond acceptors (Lipinski definition) is 3. The number of nitrogens with one attached hydrogen (secondary N) is 1. The fraction of sp³-hybridized carbons (Fsp3) is 0.462. The van der Waals surface area contributed by atoms with Crippen LogP contribution in [0.25, 0.3) is 0 Å². The Balaban J connectivity index is 2.81. The predicted octanol–water partition coefficient (Wildman–Crippen LogP) is 2.17. The van der Waals surface area contributed by atoms with Crippen LogP contribution in [0.4, 0.5) is 13.2 Å². The van der Waals surface area contributed by atoms with Gasteiger partial charge in [0, 0.05) is 12.6 Å². The molecular formula is C13H16F3NO3. The molecule has 0 heterocycles. The molecule has 0 saturated heterocycles. The lowest BCUT2D eigenvalue weighted by atomic mass is 10.1. The van der Waals surface area contributed by atoms with Crippen LogP contribution < -0.4 is 10.1 Å². The second-order valence-corrected chi connectivity index (χ2v) is 4.54. The second-order valence-electron chi connectivity index (χ2n) is 4.54. The summed E-state index contributed by atoms with van der Waals surface area (Å²) in [5.74, 6) is -2.13. The van der Waals surface area contributed by atoms with Crippen molar-refractivity contribution in [1.29, 1.82) is 0 Å². The average Bonchev–Trinajstić information content (AvgIpc) is 2.34. The molecule has 2 N–H and O–H groups in total. The number of halogens is 3. The lowest BCUT2D eigenvalue weighted by molar-refractivity contribution is -0.0503. The molecule has 7 heteroatoms. The van der Waals surface area contributed by atoms with Gasteiger partial charge in [-0.1, -0.05) is 13.8 Å². The molecule has 0 saturated carbocycles. The van der Waals surface area contributed by atoms with E-state index in [9.17, 15) is 23.1 Å². The molecule has 0 fully saturated rings. The van der Waals surface area contributed by atoms with Crippen molar-refractivity contribution in [1.82, 2.24) is 5.32 Å². The molecule has 4 nitrogen and oxygen atoms in total. The van der Waals surface area contributed by atoms with Gasteiger partial charge < -0.3 is 15.2 Å². The second kappa shape index (κ2) is 7.14. The third-order valence-corrected chi connectivity index (χ3v) is 2.65. The Morgan fingerprint density at radius 2 is 2.05 bits per heavy atom. The molecule has 112 valence electrons. The zero-order valence-corrected chi connectivity index (χ0v) is 11.1. The molecule has 0 aliphatic rings. The van der Waals surface area contributed by atoms with Gasteiger partial charge >= 0.3 is 6.61 Å². The van der Waals surface area contributed by atoms with E-state index < -0.39 is 30.2 Å². The monoisotopic (exact) mass is 291 g/mol. The van der Waals surface area contributed by atoms with Crippen molar-refractivity contribution in [3.05, 3.63) is 29.6 Å². The van der Waals surface area contributed by atoms with Crippen molar-refractivity contribution < 1.29 is 27.8 Å². The Bertz CT molecular complexity index is 466. The predicted molar refractivity (Wildman–Crippen MR) is 66.2 cm³/mol. The normalized spacial score (nSPS) is 12.6. The van der Waals surface area contributed by atoms with Crippen molar-refractivity contribution in [3.63, 3.8) is 0 Å². The molecule has 1 aromatic rings. The molecule has 0 radical (unpaired) electrons. The Morgan fingerprint density at radius 3 is 2.60 bits per heavy atom. The topological polar surface area (TPSA) is 58.6 Å². The van der Waals surface area contributed by atoms with Gasteiger partial charge in [-0.15, -0.1) is 0 Å². The van der Waals surface area contributed by atoms with Crippen LogP contribution in [0.5, 0.6) is 5.75 Å². The van der Waals surface area contributed by atoms with Crippen LogP contribution in [0.1, 0.15) is 24.2 Å². The van der Waals surface area contributed by atoms with Crippen LogP contribution in [0.3, 0.4) is 0 Å². The molecule has 1 amide bonds. The Morgan fingerprint density at radius 1 is 1.40 bits per heavy atom. The molecule has 1 unspecified atom stereocenters. The van der Waals surface area contributed by atoms with Crippen molar-refractivity contribution >= 4 is 5.91 Å². The SMILES string of the molecule is CC(C)C(O)CNC(=O)c1ccc(F)cc1OC(F)F. The Labute approximate surface area is 114 Å². The summed E-state index contributed by atoms with van der Waals surface area (Å²) >= 11 is 0. The van der Waals surface area contributed by atoms with Crippen molar-refractivity contribution in [2.45, 2.75) is 26.6 Å². The third-order valence-electron chi connectivity index (χ3n) is 2.65. The summed E-state index contributed by atoms with van der Waals surface area (Å²) in [6.07, 6.45) is -0.765. The van der Waals surface area contributed by atoms with E-state index in [1.165, 1.54) is 0 Å². The van der Waals surface area contributed by atoms with Crippen molar-refractivity contribution in [2.75, 3.05) is 6.54 Å². The van der Waals surface area contributed by atoms with Crippen LogP contribution >= 0.6 is 0 Å². The van der Waals surface area contributed by atoms with E-state index in [2.05, 4.69) is 10.1 Å². The molecule has 1 rings (SSSR count). The molecule has 20 heavy (non-hydrogen) atoms. The number of aliphatic hydroxyl groups is 1. The smallest absolute Gasteiger partial charge is 0.387 e. The van der Waals surface area contributed by atoms with Crippen molar-refractivity contribution in [3.8, 4) is 5.75 Å². The number of amides is 1.